The van der Waals surface area contributed by atoms with Gasteiger partial charge in [0.05, 0.1) is 12.1 Å². The van der Waals surface area contributed by atoms with E-state index in [2.05, 4.69) is 51.2 Å². The first kappa shape index (κ1) is 17.1. The van der Waals surface area contributed by atoms with Gasteiger partial charge in [-0.25, -0.2) is 0 Å². The molecule has 0 aliphatic carbocycles. The van der Waals surface area contributed by atoms with Crippen molar-refractivity contribution >= 4 is 29.0 Å². The lowest BCUT2D eigenvalue weighted by Crippen LogP contribution is -2.46. The molecule has 2 aliphatic heterocycles. The fourth-order valence-electron chi connectivity index (χ4n) is 3.55. The molecule has 1 aromatic carbocycles. The summed E-state index contributed by atoms with van der Waals surface area (Å²) in [4.78, 5) is 16.4. The van der Waals surface area contributed by atoms with Crippen molar-refractivity contribution in [1.82, 2.24) is 15.5 Å². The first-order valence-electron chi connectivity index (χ1n) is 8.74. The molecule has 1 aromatic heterocycles. The number of fused-ring (bicyclic) bond motifs is 1. The predicted octanol–water partition coefficient (Wildman–Crippen LogP) is 2.63. The van der Waals surface area contributed by atoms with Gasteiger partial charge < -0.3 is 5.32 Å². The largest absolute Gasteiger partial charge is 0.353 e. The Morgan fingerprint density at radius 3 is 3.00 bits per heavy atom. The summed E-state index contributed by atoms with van der Waals surface area (Å²) in [7, 11) is 0. The third-order valence-electron chi connectivity index (χ3n) is 4.96. The number of nitrogens with zero attached hydrogens (tertiary/aromatic N) is 1. The molecule has 25 heavy (non-hydrogen) atoms. The minimum absolute atomic E-state index is 0.0498. The van der Waals surface area contributed by atoms with E-state index in [1.807, 2.05) is 17.4 Å². The van der Waals surface area contributed by atoms with Crippen LogP contribution >= 0.6 is 23.1 Å². The van der Waals surface area contributed by atoms with E-state index in [1.54, 1.807) is 11.8 Å². The molecule has 0 radical (unpaired) electrons. The molecule has 3 heterocycles. The van der Waals surface area contributed by atoms with E-state index < -0.39 is 0 Å². The van der Waals surface area contributed by atoms with E-state index in [-0.39, 0.29) is 18.0 Å². The van der Waals surface area contributed by atoms with Crippen molar-refractivity contribution in [1.29, 1.82) is 0 Å². The van der Waals surface area contributed by atoms with Crippen molar-refractivity contribution in [2.75, 3.05) is 24.7 Å². The van der Waals surface area contributed by atoms with Crippen molar-refractivity contribution < 1.29 is 4.79 Å². The Morgan fingerprint density at radius 2 is 2.20 bits per heavy atom. The van der Waals surface area contributed by atoms with E-state index >= 15 is 0 Å². The normalized spacial score (nSPS) is 21.7. The van der Waals surface area contributed by atoms with Gasteiger partial charge in [-0.05, 0) is 29.0 Å². The molecule has 4 nitrogen and oxygen atoms in total. The van der Waals surface area contributed by atoms with Gasteiger partial charge >= 0.3 is 0 Å². The Hall–Kier alpha value is -1.34. The van der Waals surface area contributed by atoms with Crippen LogP contribution in [0.2, 0.25) is 0 Å². The summed E-state index contributed by atoms with van der Waals surface area (Å²) in [6.45, 7) is 2.66. The Bertz CT molecular complexity index is 712. The average molecular weight is 374 g/mol. The smallest absolute Gasteiger partial charge is 0.238 e. The second kappa shape index (κ2) is 7.91. The number of amides is 1. The highest BCUT2D eigenvalue weighted by Crippen LogP contribution is 2.30. The summed E-state index contributed by atoms with van der Waals surface area (Å²) in [6.07, 6.45) is 1.10. The summed E-state index contributed by atoms with van der Waals surface area (Å²) in [5.41, 5.74) is 2.72. The quantitative estimate of drug-likeness (QED) is 0.846. The van der Waals surface area contributed by atoms with E-state index in [0.717, 1.165) is 31.1 Å². The van der Waals surface area contributed by atoms with Crippen LogP contribution in [-0.2, 0) is 17.8 Å². The van der Waals surface area contributed by atoms with Crippen LogP contribution in [0.25, 0.3) is 0 Å². The lowest BCUT2D eigenvalue weighted by atomic mass is 10.0. The molecule has 0 spiro atoms. The molecule has 2 atom stereocenters. The van der Waals surface area contributed by atoms with Gasteiger partial charge in [0.1, 0.15) is 0 Å². The topological polar surface area (TPSA) is 44.4 Å². The summed E-state index contributed by atoms with van der Waals surface area (Å²) < 4.78 is 0. The molecule has 1 fully saturated rings. The van der Waals surface area contributed by atoms with Crippen molar-refractivity contribution in [2.45, 2.75) is 25.0 Å². The van der Waals surface area contributed by atoms with Crippen molar-refractivity contribution in [3.05, 3.63) is 57.8 Å². The Morgan fingerprint density at radius 1 is 1.32 bits per heavy atom. The van der Waals surface area contributed by atoms with Crippen LogP contribution in [0.3, 0.4) is 0 Å². The number of rotatable bonds is 5. The monoisotopic (exact) mass is 373 g/mol. The van der Waals surface area contributed by atoms with Gasteiger partial charge in [0.25, 0.3) is 0 Å². The maximum Gasteiger partial charge on any atom is 0.238 e. The lowest BCUT2D eigenvalue weighted by Gasteiger charge is -2.35. The third kappa shape index (κ3) is 3.92. The van der Waals surface area contributed by atoms with Crippen LogP contribution in [0.4, 0.5) is 0 Å². The van der Waals surface area contributed by atoms with Crippen molar-refractivity contribution in [3.8, 4) is 0 Å². The van der Waals surface area contributed by atoms with Gasteiger partial charge in [-0.1, -0.05) is 30.3 Å². The number of nitrogens with one attached hydrogen (secondary N) is 2. The lowest BCUT2D eigenvalue weighted by molar-refractivity contribution is -0.122. The first-order chi connectivity index (χ1) is 12.3. The van der Waals surface area contributed by atoms with E-state index in [9.17, 15) is 4.79 Å². The maximum atomic E-state index is 12.4. The molecule has 132 valence electrons. The molecule has 1 saturated heterocycles. The molecule has 0 bridgehead atoms. The highest BCUT2D eigenvalue weighted by Gasteiger charge is 2.28. The molecule has 0 saturated carbocycles. The van der Waals surface area contributed by atoms with E-state index in [4.69, 9.17) is 0 Å². The molecule has 2 N–H and O–H groups in total. The van der Waals surface area contributed by atoms with Gasteiger partial charge in [-0.2, -0.15) is 0 Å². The molecule has 6 heteroatoms. The minimum atomic E-state index is -0.0498. The summed E-state index contributed by atoms with van der Waals surface area (Å²) in [5, 5.41) is 8.62. The number of thioether (sulfide) groups is 1. The first-order valence-corrected chi connectivity index (χ1v) is 10.8. The van der Waals surface area contributed by atoms with Gasteiger partial charge in [-0.15, -0.1) is 23.1 Å². The number of carbonyl (C=O) groups excluding carboxylic acids is 1. The van der Waals surface area contributed by atoms with Crippen LogP contribution in [0.5, 0.6) is 0 Å². The van der Waals surface area contributed by atoms with Crippen molar-refractivity contribution in [3.63, 3.8) is 0 Å². The maximum absolute atomic E-state index is 12.4. The summed E-state index contributed by atoms with van der Waals surface area (Å²) >= 11 is 3.64. The molecule has 2 aliphatic rings. The second-order valence-electron chi connectivity index (χ2n) is 6.53. The molecular formula is C19H23N3OS2. The van der Waals surface area contributed by atoms with Gasteiger partial charge in [0, 0.05) is 36.1 Å². The highest BCUT2D eigenvalue weighted by atomic mass is 32.2. The van der Waals surface area contributed by atoms with Gasteiger partial charge in [0.15, 0.2) is 0 Å². The zero-order valence-electron chi connectivity index (χ0n) is 14.1. The number of carbonyl (C=O) groups is 1. The molecule has 1 amide bonds. The molecular weight excluding hydrogens is 350 g/mol. The van der Waals surface area contributed by atoms with Crippen LogP contribution in [0.15, 0.2) is 41.8 Å². The van der Waals surface area contributed by atoms with Crippen LogP contribution in [-0.4, -0.2) is 41.6 Å². The third-order valence-corrected chi connectivity index (χ3v) is 6.93. The number of hydrogen-bond donors (Lipinski definition) is 2. The van der Waals surface area contributed by atoms with Gasteiger partial charge in [-0.3, -0.25) is 15.0 Å². The van der Waals surface area contributed by atoms with Gasteiger partial charge in [0.2, 0.25) is 5.91 Å². The number of thiophene rings is 1. The standard InChI is InChI=1S/C19H23N3OS2/c23-19(16-12-24-13-21-16)20-10-17(14-4-2-1-3-5-14)22-8-6-18-15(11-22)7-9-25-18/h1-5,7,9,16-17,21H,6,8,10-13H2,(H,20,23). The fourth-order valence-corrected chi connectivity index (χ4v) is 5.38. The Labute approximate surface area is 157 Å². The second-order valence-corrected chi connectivity index (χ2v) is 8.56. The molecule has 2 aromatic rings. The summed E-state index contributed by atoms with van der Waals surface area (Å²) in [6, 6.07) is 13.0. The zero-order chi connectivity index (χ0) is 17.1. The van der Waals surface area contributed by atoms with E-state index in [1.165, 1.54) is 16.0 Å². The number of benzene rings is 1. The number of hydrogen-bond acceptors (Lipinski definition) is 5. The average Bonchev–Trinajstić information content (AvgIpc) is 3.34. The van der Waals surface area contributed by atoms with Crippen LogP contribution in [0.1, 0.15) is 22.0 Å². The fraction of sp³-hybridized carbons (Fsp3) is 0.421. The predicted molar refractivity (Wildman–Crippen MR) is 105 cm³/mol. The Kier molecular flexibility index (Phi) is 5.41. The van der Waals surface area contributed by atoms with Crippen LogP contribution in [0, 0.1) is 0 Å². The zero-order valence-corrected chi connectivity index (χ0v) is 15.7. The minimum Gasteiger partial charge on any atom is -0.353 e. The SMILES string of the molecule is O=C(NCC(c1ccccc1)N1CCc2sccc2C1)C1CSCN1. The van der Waals surface area contributed by atoms with E-state index in [0.29, 0.717) is 6.54 Å². The summed E-state index contributed by atoms with van der Waals surface area (Å²) in [5.74, 6) is 1.86. The van der Waals surface area contributed by atoms with Crippen molar-refractivity contribution in [2.24, 2.45) is 0 Å². The van der Waals surface area contributed by atoms with Crippen LogP contribution < -0.4 is 10.6 Å². The Balaban J connectivity index is 1.48. The highest BCUT2D eigenvalue weighted by molar-refractivity contribution is 7.99. The molecule has 2 unspecified atom stereocenters. The molecule has 4 rings (SSSR count).